The van der Waals surface area contributed by atoms with Gasteiger partial charge in [-0.2, -0.15) is 5.10 Å². The van der Waals surface area contributed by atoms with Crippen LogP contribution in [0.1, 0.15) is 44.6 Å². The summed E-state index contributed by atoms with van der Waals surface area (Å²) in [6, 6.07) is 5.83. The fraction of sp³-hybridized carbons (Fsp3) is 0.235. The molecule has 136 valence electrons. The summed E-state index contributed by atoms with van der Waals surface area (Å²) in [6.07, 6.45) is 1.29. The van der Waals surface area contributed by atoms with Gasteiger partial charge < -0.3 is 9.72 Å². The van der Waals surface area contributed by atoms with E-state index in [1.807, 2.05) is 0 Å². The van der Waals surface area contributed by atoms with Crippen molar-refractivity contribution in [2.75, 3.05) is 6.61 Å². The van der Waals surface area contributed by atoms with Crippen molar-refractivity contribution in [1.29, 1.82) is 0 Å². The predicted octanol–water partition coefficient (Wildman–Crippen LogP) is 2.48. The van der Waals surface area contributed by atoms with Gasteiger partial charge in [0.25, 0.3) is 11.6 Å². The number of aromatic nitrogens is 1. The number of nitro benzene ring substituents is 1. The van der Waals surface area contributed by atoms with Crippen LogP contribution in [0.5, 0.6) is 0 Å². The highest BCUT2D eigenvalue weighted by Gasteiger charge is 2.22. The van der Waals surface area contributed by atoms with E-state index in [-0.39, 0.29) is 18.0 Å². The fourth-order valence-electron chi connectivity index (χ4n) is 2.43. The van der Waals surface area contributed by atoms with E-state index in [9.17, 15) is 19.7 Å². The summed E-state index contributed by atoms with van der Waals surface area (Å²) in [5.41, 5.74) is 4.22. The lowest BCUT2D eigenvalue weighted by Crippen LogP contribution is -2.19. The number of hydrazone groups is 1. The maximum Gasteiger partial charge on any atom is 0.340 e. The number of carbonyl (C=O) groups is 2. The van der Waals surface area contributed by atoms with Crippen LogP contribution in [-0.2, 0) is 4.74 Å². The number of non-ortho nitro benzene ring substituents is 1. The monoisotopic (exact) mass is 358 g/mol. The van der Waals surface area contributed by atoms with Gasteiger partial charge in [0.05, 0.1) is 23.3 Å². The van der Waals surface area contributed by atoms with Crippen LogP contribution in [-0.4, -0.2) is 34.6 Å². The quantitative estimate of drug-likeness (QED) is 0.355. The Bertz CT molecular complexity index is 885. The van der Waals surface area contributed by atoms with Crippen molar-refractivity contribution in [1.82, 2.24) is 10.4 Å². The van der Waals surface area contributed by atoms with E-state index in [0.29, 0.717) is 22.4 Å². The Morgan fingerprint density at radius 1 is 1.38 bits per heavy atom. The third-order valence-electron chi connectivity index (χ3n) is 3.60. The average Bonchev–Trinajstić information content (AvgIpc) is 2.90. The Labute approximate surface area is 149 Å². The first-order valence-corrected chi connectivity index (χ1v) is 7.79. The van der Waals surface area contributed by atoms with Crippen LogP contribution in [0.15, 0.2) is 29.4 Å². The second-order valence-corrected chi connectivity index (χ2v) is 5.40. The Morgan fingerprint density at radius 2 is 2.12 bits per heavy atom. The molecule has 1 aromatic heterocycles. The molecule has 0 bridgehead atoms. The topological polar surface area (TPSA) is 127 Å². The summed E-state index contributed by atoms with van der Waals surface area (Å²) in [4.78, 5) is 37.3. The van der Waals surface area contributed by atoms with E-state index in [2.05, 4.69) is 15.5 Å². The van der Waals surface area contributed by atoms with Crippen molar-refractivity contribution in [2.45, 2.75) is 20.8 Å². The van der Waals surface area contributed by atoms with Crippen LogP contribution >= 0.6 is 0 Å². The Hall–Kier alpha value is -3.49. The number of esters is 1. The van der Waals surface area contributed by atoms with Crippen molar-refractivity contribution in [3.8, 4) is 0 Å². The van der Waals surface area contributed by atoms with E-state index in [4.69, 9.17) is 4.74 Å². The molecule has 0 atom stereocenters. The maximum absolute atomic E-state index is 12.3. The van der Waals surface area contributed by atoms with Gasteiger partial charge in [-0.25, -0.2) is 10.2 Å². The van der Waals surface area contributed by atoms with Gasteiger partial charge in [-0.15, -0.1) is 0 Å². The molecule has 0 aliphatic rings. The lowest BCUT2D eigenvalue weighted by atomic mass is 10.1. The number of H-pyrrole nitrogens is 1. The molecule has 0 radical (unpaired) electrons. The molecule has 0 saturated heterocycles. The summed E-state index contributed by atoms with van der Waals surface area (Å²) in [5, 5.41) is 14.5. The molecule has 0 spiro atoms. The molecule has 0 aliphatic carbocycles. The van der Waals surface area contributed by atoms with Crippen molar-refractivity contribution in [3.05, 3.63) is 62.5 Å². The number of nitro groups is 1. The second-order valence-electron chi connectivity index (χ2n) is 5.40. The summed E-state index contributed by atoms with van der Waals surface area (Å²) in [6.45, 7) is 5.24. The van der Waals surface area contributed by atoms with Crippen LogP contribution in [0.3, 0.4) is 0 Å². The highest BCUT2D eigenvalue weighted by molar-refractivity contribution is 6.00. The number of nitrogens with zero attached hydrogens (tertiary/aromatic N) is 2. The summed E-state index contributed by atoms with van der Waals surface area (Å²) in [7, 11) is 0. The number of rotatable bonds is 6. The number of aromatic amines is 1. The number of nitrogens with one attached hydrogen (secondary N) is 2. The van der Waals surface area contributed by atoms with Crippen LogP contribution in [0.4, 0.5) is 5.69 Å². The second kappa shape index (κ2) is 8.06. The van der Waals surface area contributed by atoms with E-state index in [1.54, 1.807) is 26.8 Å². The smallest absolute Gasteiger partial charge is 0.340 e. The first kappa shape index (κ1) is 18.8. The van der Waals surface area contributed by atoms with E-state index < -0.39 is 16.8 Å². The number of carbonyl (C=O) groups excluding carboxylic acids is 2. The Kier molecular flexibility index (Phi) is 5.84. The standard InChI is InChI=1S/C17H18N4O5/c1-4-26-17(23)14-10(2)15(19-11(14)3)16(22)20-18-9-12-6-5-7-13(8-12)21(24)25/h5-9,19H,4H2,1-3H3,(H,20,22)/b18-9+. The highest BCUT2D eigenvalue weighted by atomic mass is 16.6. The minimum absolute atomic E-state index is 0.0739. The third-order valence-corrected chi connectivity index (χ3v) is 3.60. The molecular formula is C17H18N4O5. The zero-order valence-electron chi connectivity index (χ0n) is 14.5. The average molecular weight is 358 g/mol. The predicted molar refractivity (Wildman–Crippen MR) is 94.4 cm³/mol. The molecular weight excluding hydrogens is 340 g/mol. The number of hydrogen-bond acceptors (Lipinski definition) is 6. The first-order chi connectivity index (χ1) is 12.3. The maximum atomic E-state index is 12.3. The Balaban J connectivity index is 2.13. The molecule has 1 aromatic carbocycles. The highest BCUT2D eigenvalue weighted by Crippen LogP contribution is 2.19. The Morgan fingerprint density at radius 3 is 2.77 bits per heavy atom. The molecule has 0 aliphatic heterocycles. The van der Waals surface area contributed by atoms with Crippen molar-refractivity contribution < 1.29 is 19.2 Å². The lowest BCUT2D eigenvalue weighted by molar-refractivity contribution is -0.384. The summed E-state index contributed by atoms with van der Waals surface area (Å²) >= 11 is 0. The van der Waals surface area contributed by atoms with Gasteiger partial charge in [0.1, 0.15) is 5.69 Å². The molecule has 1 heterocycles. The van der Waals surface area contributed by atoms with Gasteiger partial charge in [0, 0.05) is 23.4 Å². The van der Waals surface area contributed by atoms with Gasteiger partial charge >= 0.3 is 5.97 Å². The van der Waals surface area contributed by atoms with Gasteiger partial charge in [0.2, 0.25) is 0 Å². The van der Waals surface area contributed by atoms with Crippen molar-refractivity contribution in [2.24, 2.45) is 5.10 Å². The normalized spacial score (nSPS) is 10.7. The van der Waals surface area contributed by atoms with Crippen LogP contribution in [0, 0.1) is 24.0 Å². The fourth-order valence-corrected chi connectivity index (χ4v) is 2.43. The van der Waals surface area contributed by atoms with Crippen LogP contribution in [0.25, 0.3) is 0 Å². The molecule has 2 N–H and O–H groups in total. The van der Waals surface area contributed by atoms with E-state index in [1.165, 1.54) is 24.4 Å². The zero-order chi connectivity index (χ0) is 19.3. The SMILES string of the molecule is CCOC(=O)c1c(C)[nH]c(C(=O)N/N=C/c2cccc([N+](=O)[O-])c2)c1C. The minimum Gasteiger partial charge on any atom is -0.462 e. The number of amides is 1. The van der Waals surface area contributed by atoms with Gasteiger partial charge in [-0.1, -0.05) is 12.1 Å². The number of hydrogen-bond donors (Lipinski definition) is 2. The molecule has 0 fully saturated rings. The lowest BCUT2D eigenvalue weighted by Gasteiger charge is -2.02. The molecule has 1 amide bonds. The summed E-state index contributed by atoms with van der Waals surface area (Å²) < 4.78 is 4.98. The van der Waals surface area contributed by atoms with Crippen LogP contribution < -0.4 is 5.43 Å². The molecule has 9 nitrogen and oxygen atoms in total. The van der Waals surface area contributed by atoms with Gasteiger partial charge in [-0.05, 0) is 26.3 Å². The van der Waals surface area contributed by atoms with Gasteiger partial charge in [-0.3, -0.25) is 14.9 Å². The summed E-state index contributed by atoms with van der Waals surface area (Å²) in [5.74, 6) is -1.04. The minimum atomic E-state index is -0.539. The molecule has 0 saturated carbocycles. The van der Waals surface area contributed by atoms with Crippen molar-refractivity contribution in [3.63, 3.8) is 0 Å². The van der Waals surface area contributed by atoms with E-state index >= 15 is 0 Å². The molecule has 2 aromatic rings. The first-order valence-electron chi connectivity index (χ1n) is 7.79. The number of benzene rings is 1. The zero-order valence-corrected chi connectivity index (χ0v) is 14.5. The number of aryl methyl sites for hydroxylation is 1. The third kappa shape index (κ3) is 4.12. The number of ether oxygens (including phenoxy) is 1. The molecule has 0 unspecified atom stereocenters. The van der Waals surface area contributed by atoms with E-state index in [0.717, 1.165) is 0 Å². The molecule has 2 rings (SSSR count). The van der Waals surface area contributed by atoms with Crippen molar-refractivity contribution >= 4 is 23.8 Å². The molecule has 26 heavy (non-hydrogen) atoms. The largest absolute Gasteiger partial charge is 0.462 e. The van der Waals surface area contributed by atoms with Crippen LogP contribution in [0.2, 0.25) is 0 Å². The van der Waals surface area contributed by atoms with Gasteiger partial charge in [0.15, 0.2) is 0 Å². The molecule has 9 heteroatoms.